The van der Waals surface area contributed by atoms with E-state index in [9.17, 15) is 14.4 Å². The van der Waals surface area contributed by atoms with Crippen molar-refractivity contribution in [2.45, 2.75) is 51.7 Å². The largest absolute Gasteiger partial charge is 0.493 e. The fourth-order valence-corrected chi connectivity index (χ4v) is 4.79. The lowest BCUT2D eigenvalue weighted by atomic mass is 10.0. The monoisotopic (exact) mass is 465 g/mol. The van der Waals surface area contributed by atoms with Gasteiger partial charge in [0.1, 0.15) is 6.17 Å². The summed E-state index contributed by atoms with van der Waals surface area (Å²) in [5.74, 6) is 0.567. The Kier molecular flexibility index (Phi) is 6.77. The van der Waals surface area contributed by atoms with Crippen LogP contribution in [0.1, 0.15) is 72.0 Å². The molecule has 2 aliphatic rings. The zero-order valence-electron chi connectivity index (χ0n) is 20.1. The first-order valence-corrected chi connectivity index (χ1v) is 11.7. The van der Waals surface area contributed by atoms with E-state index in [0.29, 0.717) is 41.3 Å². The average Bonchev–Trinajstić information content (AvgIpc) is 3.12. The van der Waals surface area contributed by atoms with Crippen molar-refractivity contribution in [1.82, 2.24) is 10.2 Å². The number of carbonyl (C=O) groups excluding carboxylic acids is 3. The quantitative estimate of drug-likeness (QED) is 0.568. The zero-order valence-corrected chi connectivity index (χ0v) is 20.1. The van der Waals surface area contributed by atoms with Crippen LogP contribution in [0.2, 0.25) is 0 Å². The summed E-state index contributed by atoms with van der Waals surface area (Å²) >= 11 is 0. The van der Waals surface area contributed by atoms with Crippen LogP contribution in [0.5, 0.6) is 11.5 Å². The molecule has 0 fully saturated rings. The van der Waals surface area contributed by atoms with Gasteiger partial charge in [-0.1, -0.05) is 24.6 Å². The third-order valence-corrected chi connectivity index (χ3v) is 6.24. The van der Waals surface area contributed by atoms with Crippen molar-refractivity contribution in [2.75, 3.05) is 25.7 Å². The highest BCUT2D eigenvalue weighted by Gasteiger charge is 2.49. The lowest BCUT2D eigenvalue weighted by Crippen LogP contribution is -2.48. The second-order valence-corrected chi connectivity index (χ2v) is 8.86. The van der Waals surface area contributed by atoms with Gasteiger partial charge >= 0.3 is 0 Å². The van der Waals surface area contributed by atoms with E-state index in [2.05, 4.69) is 5.32 Å². The van der Waals surface area contributed by atoms with Crippen LogP contribution in [-0.4, -0.2) is 49.4 Å². The van der Waals surface area contributed by atoms with Crippen LogP contribution in [0.15, 0.2) is 36.4 Å². The minimum atomic E-state index is -0.547. The Balaban J connectivity index is 1.61. The summed E-state index contributed by atoms with van der Waals surface area (Å²) in [5.41, 5.74) is 2.25. The minimum absolute atomic E-state index is 0.0421. The third-order valence-electron chi connectivity index (χ3n) is 6.24. The second kappa shape index (κ2) is 9.75. The Hall–Kier alpha value is -3.55. The highest BCUT2D eigenvalue weighted by molar-refractivity contribution is 6.18. The van der Waals surface area contributed by atoms with Gasteiger partial charge < -0.3 is 19.7 Å². The molecule has 1 N–H and O–H groups in total. The first-order chi connectivity index (χ1) is 16.4. The van der Waals surface area contributed by atoms with Gasteiger partial charge in [0.2, 0.25) is 5.91 Å². The van der Waals surface area contributed by atoms with Gasteiger partial charge in [0.05, 0.1) is 31.0 Å². The molecule has 1 atom stereocenters. The number of nitrogens with zero attached hydrogens (tertiary/aromatic N) is 2. The molecule has 2 heterocycles. The molecule has 0 saturated carbocycles. The van der Waals surface area contributed by atoms with Crippen molar-refractivity contribution in [3.05, 3.63) is 53.1 Å². The maximum atomic E-state index is 13.6. The Morgan fingerprint density at radius 3 is 2.47 bits per heavy atom. The van der Waals surface area contributed by atoms with Gasteiger partial charge in [0.25, 0.3) is 11.8 Å². The van der Waals surface area contributed by atoms with E-state index in [1.807, 2.05) is 26.0 Å². The number of para-hydroxylation sites is 1. The van der Waals surface area contributed by atoms with Crippen molar-refractivity contribution < 1.29 is 23.9 Å². The van der Waals surface area contributed by atoms with Crippen LogP contribution in [0.25, 0.3) is 0 Å². The normalized spacial score (nSPS) is 16.3. The molecule has 8 heteroatoms. The van der Waals surface area contributed by atoms with Gasteiger partial charge in [-0.25, -0.2) is 0 Å². The Bertz CT molecular complexity index is 1110. The molecular weight excluding hydrogens is 434 g/mol. The number of hydrogen-bond donors (Lipinski definition) is 1. The second-order valence-electron chi connectivity index (χ2n) is 8.86. The highest BCUT2D eigenvalue weighted by atomic mass is 16.5. The molecule has 180 valence electrons. The average molecular weight is 466 g/mol. The molecule has 3 amide bonds. The van der Waals surface area contributed by atoms with E-state index >= 15 is 0 Å². The Morgan fingerprint density at radius 2 is 1.76 bits per heavy atom. The first kappa shape index (κ1) is 23.6. The summed E-state index contributed by atoms with van der Waals surface area (Å²) in [5, 5.41) is 2.90. The van der Waals surface area contributed by atoms with E-state index in [-0.39, 0.29) is 23.8 Å². The van der Waals surface area contributed by atoms with Crippen molar-refractivity contribution >= 4 is 23.4 Å². The number of methoxy groups -OCH3 is 2. The Morgan fingerprint density at radius 1 is 1.00 bits per heavy atom. The summed E-state index contributed by atoms with van der Waals surface area (Å²) in [6.07, 6.45) is 2.18. The van der Waals surface area contributed by atoms with Crippen LogP contribution >= 0.6 is 0 Å². The van der Waals surface area contributed by atoms with Crippen LogP contribution in [0.3, 0.4) is 0 Å². The number of unbranched alkanes of at least 4 members (excludes halogenated alkanes) is 2. The number of hydrogen-bond acceptors (Lipinski definition) is 5. The number of ether oxygens (including phenoxy) is 2. The lowest BCUT2D eigenvalue weighted by Gasteiger charge is -2.41. The summed E-state index contributed by atoms with van der Waals surface area (Å²) in [6, 6.07) is 10.9. The fraction of sp³-hybridized carbons (Fsp3) is 0.423. The van der Waals surface area contributed by atoms with Crippen molar-refractivity contribution in [1.29, 1.82) is 0 Å². The van der Waals surface area contributed by atoms with Gasteiger partial charge in [0.15, 0.2) is 11.5 Å². The van der Waals surface area contributed by atoms with E-state index in [4.69, 9.17) is 9.47 Å². The minimum Gasteiger partial charge on any atom is -0.493 e. The highest BCUT2D eigenvalue weighted by Crippen LogP contribution is 2.49. The number of nitrogens with one attached hydrogen (secondary N) is 1. The molecule has 0 bridgehead atoms. The molecule has 2 aromatic rings. The maximum absolute atomic E-state index is 13.6. The zero-order chi connectivity index (χ0) is 24.4. The molecule has 0 aromatic heterocycles. The van der Waals surface area contributed by atoms with Crippen molar-refractivity contribution in [2.24, 2.45) is 0 Å². The third kappa shape index (κ3) is 4.08. The molecule has 0 radical (unpaired) electrons. The van der Waals surface area contributed by atoms with Crippen molar-refractivity contribution in [3.63, 3.8) is 0 Å². The predicted octanol–water partition coefficient (Wildman–Crippen LogP) is 3.90. The molecule has 2 aliphatic heterocycles. The standard InChI is InChI=1S/C26H31N3O5/c1-16(2)27-21(30)12-6-5-9-15-28-24-18-13-14-20(33-3)23(34-4)22(18)26(32)29(24)19-11-8-7-10-17(19)25(28)31/h7-8,10-11,13-14,16,24H,5-6,9,12,15H2,1-4H3,(H,27,30)/t24-/m0/s1. The topological polar surface area (TPSA) is 88.2 Å². The molecule has 8 nitrogen and oxygen atoms in total. The number of benzene rings is 2. The van der Waals surface area contributed by atoms with Crippen LogP contribution in [-0.2, 0) is 4.79 Å². The van der Waals surface area contributed by atoms with E-state index in [1.165, 1.54) is 14.2 Å². The predicted molar refractivity (Wildman–Crippen MR) is 128 cm³/mol. The summed E-state index contributed by atoms with van der Waals surface area (Å²) < 4.78 is 11.0. The van der Waals surface area contributed by atoms with E-state index in [1.54, 1.807) is 34.1 Å². The van der Waals surface area contributed by atoms with Crippen molar-refractivity contribution in [3.8, 4) is 11.5 Å². The SMILES string of the molecule is COc1ccc2c(c1OC)C(=O)N1c3ccccc3C(=O)N(CCCCCC(=O)NC(C)C)[C@H]21. The number of carbonyl (C=O) groups is 3. The number of anilines is 1. The molecular formula is C26H31N3O5. The number of rotatable bonds is 9. The van der Waals surface area contributed by atoms with Crippen LogP contribution in [0, 0.1) is 0 Å². The first-order valence-electron chi connectivity index (χ1n) is 11.7. The van der Waals surface area contributed by atoms with E-state index in [0.717, 1.165) is 24.8 Å². The number of fused-ring (bicyclic) bond motifs is 5. The van der Waals surface area contributed by atoms with Gasteiger partial charge in [-0.2, -0.15) is 0 Å². The van der Waals surface area contributed by atoms with E-state index < -0.39 is 6.17 Å². The summed E-state index contributed by atoms with van der Waals surface area (Å²) in [7, 11) is 3.04. The fourth-order valence-electron chi connectivity index (χ4n) is 4.79. The lowest BCUT2D eigenvalue weighted by molar-refractivity contribution is -0.121. The molecule has 34 heavy (non-hydrogen) atoms. The van der Waals surface area contributed by atoms with Crippen LogP contribution < -0.4 is 19.7 Å². The van der Waals surface area contributed by atoms with Gasteiger partial charge in [-0.3, -0.25) is 19.3 Å². The van der Waals surface area contributed by atoms with Gasteiger partial charge in [-0.15, -0.1) is 0 Å². The smallest absolute Gasteiger partial charge is 0.264 e. The summed E-state index contributed by atoms with van der Waals surface area (Å²) in [4.78, 5) is 42.5. The maximum Gasteiger partial charge on any atom is 0.264 e. The number of amides is 3. The van der Waals surface area contributed by atoms with Gasteiger partial charge in [0, 0.05) is 24.6 Å². The van der Waals surface area contributed by atoms with Gasteiger partial charge in [-0.05, 0) is 44.9 Å². The summed E-state index contributed by atoms with van der Waals surface area (Å²) in [6.45, 7) is 4.35. The molecule has 0 unspecified atom stereocenters. The molecule has 0 saturated heterocycles. The Labute approximate surface area is 199 Å². The molecule has 2 aromatic carbocycles. The molecule has 0 aliphatic carbocycles. The molecule has 4 rings (SSSR count). The van der Waals surface area contributed by atoms with Crippen LogP contribution in [0.4, 0.5) is 5.69 Å². The molecule has 0 spiro atoms.